The lowest BCUT2D eigenvalue weighted by Crippen LogP contribution is -2.18. The molecule has 8 heteroatoms. The number of benzene rings is 1. The number of hydrogen-bond donors (Lipinski definition) is 0. The van der Waals surface area contributed by atoms with Crippen molar-refractivity contribution in [2.45, 2.75) is 19.2 Å². The van der Waals surface area contributed by atoms with E-state index in [4.69, 9.17) is 21.1 Å². The fourth-order valence-corrected chi connectivity index (χ4v) is 1.68. The van der Waals surface area contributed by atoms with Gasteiger partial charge in [0, 0.05) is 6.20 Å². The lowest BCUT2D eigenvalue weighted by atomic mass is 10.2. The molecule has 1 aromatic heterocycles. The van der Waals surface area contributed by atoms with E-state index in [0.717, 1.165) is 6.07 Å². The molecule has 4 nitrogen and oxygen atoms in total. The Balaban J connectivity index is 2.15. The molecule has 23 heavy (non-hydrogen) atoms. The van der Waals surface area contributed by atoms with Gasteiger partial charge in [-0.3, -0.25) is 4.79 Å². The minimum Gasteiger partial charge on any atom is -0.482 e. The molecule has 2 aromatic rings. The summed E-state index contributed by atoms with van der Waals surface area (Å²) in [5.74, 6) is -0.0692. The summed E-state index contributed by atoms with van der Waals surface area (Å²) in [5.41, 5.74) is -0.971. The fourth-order valence-electron chi connectivity index (χ4n) is 1.64. The normalized spacial score (nSPS) is 12.6. The SMILES string of the molecule is CC(Oc1ccc(Oc2ncccc2C(F)(F)F)cc1)C(=O)Cl. The van der Waals surface area contributed by atoms with E-state index in [2.05, 4.69) is 4.98 Å². The molecule has 0 saturated heterocycles. The number of nitrogens with zero attached hydrogens (tertiary/aromatic N) is 1. The number of alkyl halides is 3. The van der Waals surface area contributed by atoms with Crippen LogP contribution in [0.3, 0.4) is 0 Å². The molecule has 1 unspecified atom stereocenters. The van der Waals surface area contributed by atoms with Crippen molar-refractivity contribution in [3.8, 4) is 17.4 Å². The minimum atomic E-state index is -4.57. The molecular weight excluding hydrogens is 335 g/mol. The van der Waals surface area contributed by atoms with Crippen LogP contribution < -0.4 is 9.47 Å². The fraction of sp³-hybridized carbons (Fsp3) is 0.200. The standard InChI is InChI=1S/C15H11ClF3NO3/c1-9(13(16)21)22-10-4-6-11(7-5-10)23-14-12(15(17,18)19)3-2-8-20-14/h2-9H,1H3. The van der Waals surface area contributed by atoms with Crippen LogP contribution in [-0.4, -0.2) is 16.3 Å². The van der Waals surface area contributed by atoms with Gasteiger partial charge < -0.3 is 9.47 Å². The molecule has 0 bridgehead atoms. The van der Waals surface area contributed by atoms with Crippen LogP contribution in [0.1, 0.15) is 12.5 Å². The van der Waals surface area contributed by atoms with Gasteiger partial charge in [-0.2, -0.15) is 13.2 Å². The first kappa shape index (κ1) is 17.1. The third-order valence-electron chi connectivity index (χ3n) is 2.75. The van der Waals surface area contributed by atoms with Gasteiger partial charge in [0.15, 0.2) is 6.10 Å². The zero-order chi connectivity index (χ0) is 17.0. The first-order valence-electron chi connectivity index (χ1n) is 6.43. The highest BCUT2D eigenvalue weighted by atomic mass is 35.5. The predicted molar refractivity (Wildman–Crippen MR) is 76.7 cm³/mol. The quantitative estimate of drug-likeness (QED) is 0.752. The molecule has 0 amide bonds. The molecule has 0 radical (unpaired) electrons. The summed E-state index contributed by atoms with van der Waals surface area (Å²) < 4.78 is 48.9. The zero-order valence-corrected chi connectivity index (χ0v) is 12.6. The van der Waals surface area contributed by atoms with Gasteiger partial charge in [0.05, 0.1) is 0 Å². The highest BCUT2D eigenvalue weighted by Crippen LogP contribution is 2.36. The van der Waals surface area contributed by atoms with Crippen molar-refractivity contribution in [2.75, 3.05) is 0 Å². The Morgan fingerprint density at radius 2 is 1.78 bits per heavy atom. The van der Waals surface area contributed by atoms with Crippen LogP contribution in [0.25, 0.3) is 0 Å². The third-order valence-corrected chi connectivity index (χ3v) is 3.05. The van der Waals surface area contributed by atoms with Crippen LogP contribution in [-0.2, 0) is 11.0 Å². The van der Waals surface area contributed by atoms with Crippen molar-refractivity contribution in [3.63, 3.8) is 0 Å². The van der Waals surface area contributed by atoms with Crippen LogP contribution in [0.5, 0.6) is 17.4 Å². The van der Waals surface area contributed by atoms with Gasteiger partial charge in [-0.05, 0) is 54.9 Å². The Bertz CT molecular complexity index is 689. The summed E-state index contributed by atoms with van der Waals surface area (Å²) in [6.07, 6.45) is -4.20. The average molecular weight is 346 g/mol. The number of ether oxygens (including phenoxy) is 2. The third kappa shape index (κ3) is 4.59. The largest absolute Gasteiger partial charge is 0.482 e. The summed E-state index contributed by atoms with van der Waals surface area (Å²) in [4.78, 5) is 14.5. The second-order valence-corrected chi connectivity index (χ2v) is 4.86. The molecule has 0 aliphatic rings. The lowest BCUT2D eigenvalue weighted by Gasteiger charge is -2.13. The van der Waals surface area contributed by atoms with Crippen molar-refractivity contribution in [3.05, 3.63) is 48.2 Å². The molecule has 2 rings (SSSR count). The van der Waals surface area contributed by atoms with Crippen LogP contribution in [0, 0.1) is 0 Å². The van der Waals surface area contributed by atoms with E-state index in [0.29, 0.717) is 5.75 Å². The van der Waals surface area contributed by atoms with Gasteiger partial charge in [-0.25, -0.2) is 4.98 Å². The number of halogens is 4. The highest BCUT2D eigenvalue weighted by Gasteiger charge is 2.35. The summed E-state index contributed by atoms with van der Waals surface area (Å²) in [5, 5.41) is -0.659. The number of hydrogen-bond acceptors (Lipinski definition) is 4. The number of rotatable bonds is 5. The van der Waals surface area contributed by atoms with E-state index in [1.54, 1.807) is 0 Å². The Kier molecular flexibility index (Phi) is 5.10. The van der Waals surface area contributed by atoms with Crippen molar-refractivity contribution >= 4 is 16.8 Å². The van der Waals surface area contributed by atoms with Crippen LogP contribution in [0.15, 0.2) is 42.6 Å². The monoisotopic (exact) mass is 345 g/mol. The Morgan fingerprint density at radius 3 is 2.35 bits per heavy atom. The lowest BCUT2D eigenvalue weighted by molar-refractivity contribution is -0.138. The Labute approximate surface area is 134 Å². The molecule has 0 aliphatic heterocycles. The first-order chi connectivity index (χ1) is 10.8. The molecule has 0 aliphatic carbocycles. The molecular formula is C15H11ClF3NO3. The van der Waals surface area contributed by atoms with E-state index in [1.165, 1.54) is 43.5 Å². The van der Waals surface area contributed by atoms with Gasteiger partial charge in [-0.1, -0.05) is 0 Å². The summed E-state index contributed by atoms with van der Waals surface area (Å²) >= 11 is 5.27. The van der Waals surface area contributed by atoms with E-state index in [9.17, 15) is 18.0 Å². The molecule has 122 valence electrons. The van der Waals surface area contributed by atoms with E-state index in [-0.39, 0.29) is 5.75 Å². The molecule has 0 spiro atoms. The van der Waals surface area contributed by atoms with Crippen molar-refractivity contribution in [1.82, 2.24) is 4.98 Å². The van der Waals surface area contributed by atoms with Crippen LogP contribution in [0.4, 0.5) is 13.2 Å². The maximum Gasteiger partial charge on any atom is 0.421 e. The predicted octanol–water partition coefficient (Wildman–Crippen LogP) is 4.43. The number of pyridine rings is 1. The topological polar surface area (TPSA) is 48.4 Å². The van der Waals surface area contributed by atoms with Gasteiger partial charge in [0.1, 0.15) is 17.1 Å². The van der Waals surface area contributed by atoms with Crippen LogP contribution >= 0.6 is 11.6 Å². The number of carbonyl (C=O) groups excluding carboxylic acids is 1. The molecule has 0 saturated carbocycles. The summed E-state index contributed by atoms with van der Waals surface area (Å²) in [6.45, 7) is 1.48. The highest BCUT2D eigenvalue weighted by molar-refractivity contribution is 6.64. The average Bonchev–Trinajstić information content (AvgIpc) is 2.48. The molecule has 1 aromatic carbocycles. The minimum absolute atomic E-state index is 0.145. The molecule has 1 heterocycles. The molecule has 1 atom stereocenters. The molecule has 0 fully saturated rings. The van der Waals surface area contributed by atoms with Crippen molar-refractivity contribution < 1.29 is 27.4 Å². The Hall–Kier alpha value is -2.28. The van der Waals surface area contributed by atoms with Gasteiger partial charge in [-0.15, -0.1) is 0 Å². The van der Waals surface area contributed by atoms with E-state index in [1.807, 2.05) is 0 Å². The van der Waals surface area contributed by atoms with E-state index < -0.39 is 29.0 Å². The van der Waals surface area contributed by atoms with Gasteiger partial charge in [0.2, 0.25) is 5.88 Å². The van der Waals surface area contributed by atoms with Gasteiger partial charge >= 0.3 is 6.18 Å². The van der Waals surface area contributed by atoms with Gasteiger partial charge in [0.25, 0.3) is 5.24 Å². The van der Waals surface area contributed by atoms with E-state index >= 15 is 0 Å². The smallest absolute Gasteiger partial charge is 0.421 e. The zero-order valence-electron chi connectivity index (χ0n) is 11.8. The second kappa shape index (κ2) is 6.87. The number of aromatic nitrogens is 1. The number of carbonyl (C=O) groups is 1. The summed E-state index contributed by atoms with van der Waals surface area (Å²) in [7, 11) is 0. The molecule has 0 N–H and O–H groups in total. The second-order valence-electron chi connectivity index (χ2n) is 4.49. The van der Waals surface area contributed by atoms with Crippen LogP contribution in [0.2, 0.25) is 0 Å². The maximum absolute atomic E-state index is 12.8. The summed E-state index contributed by atoms with van der Waals surface area (Å²) in [6, 6.07) is 7.75. The maximum atomic E-state index is 12.8. The van der Waals surface area contributed by atoms with Crippen molar-refractivity contribution in [2.24, 2.45) is 0 Å². The van der Waals surface area contributed by atoms with Crippen molar-refractivity contribution in [1.29, 1.82) is 0 Å². The first-order valence-corrected chi connectivity index (χ1v) is 6.81. The Morgan fingerprint density at radius 1 is 1.17 bits per heavy atom.